The highest BCUT2D eigenvalue weighted by atomic mass is 32.2. The summed E-state index contributed by atoms with van der Waals surface area (Å²) in [4.78, 5) is 2.77. The number of rotatable bonds is 6. The number of hydrogen-bond acceptors (Lipinski definition) is 2. The van der Waals surface area contributed by atoms with Gasteiger partial charge in [-0.2, -0.15) is 0 Å². The first-order chi connectivity index (χ1) is 11.2. The van der Waals surface area contributed by atoms with E-state index < -0.39 is 0 Å². The van der Waals surface area contributed by atoms with Gasteiger partial charge < -0.3 is 0 Å². The molecule has 23 heavy (non-hydrogen) atoms. The molecule has 0 atom stereocenters. The first-order valence-corrected chi connectivity index (χ1v) is 10.3. The van der Waals surface area contributed by atoms with Crippen molar-refractivity contribution in [3.8, 4) is 0 Å². The van der Waals surface area contributed by atoms with Gasteiger partial charge in [0.2, 0.25) is 0 Å². The van der Waals surface area contributed by atoms with E-state index in [2.05, 4.69) is 67.6 Å². The topological polar surface area (TPSA) is 0 Å². The molecule has 1 aliphatic rings. The number of thioether (sulfide) groups is 2. The number of hydrogen-bond donors (Lipinski definition) is 0. The second kappa shape index (κ2) is 8.30. The fourth-order valence-electron chi connectivity index (χ4n) is 3.50. The van der Waals surface area contributed by atoms with Crippen molar-refractivity contribution in [3.05, 3.63) is 60.7 Å². The molecule has 2 heteroatoms. The van der Waals surface area contributed by atoms with E-state index in [0.717, 1.165) is 5.92 Å². The summed E-state index contributed by atoms with van der Waals surface area (Å²) in [7, 11) is 0. The van der Waals surface area contributed by atoms with E-state index in [4.69, 9.17) is 0 Å². The predicted molar refractivity (Wildman–Crippen MR) is 104 cm³/mol. The minimum atomic E-state index is 0.199. The van der Waals surface area contributed by atoms with Crippen LogP contribution in [0.2, 0.25) is 0 Å². The lowest BCUT2D eigenvalue weighted by molar-refractivity contribution is 0.334. The molecule has 0 nitrogen and oxygen atoms in total. The Labute approximate surface area is 149 Å². The Morgan fingerprint density at radius 3 is 1.74 bits per heavy atom. The average molecular weight is 343 g/mol. The van der Waals surface area contributed by atoms with Crippen LogP contribution >= 0.6 is 23.5 Å². The van der Waals surface area contributed by atoms with Gasteiger partial charge >= 0.3 is 0 Å². The summed E-state index contributed by atoms with van der Waals surface area (Å²) in [5.74, 6) is 0.890. The summed E-state index contributed by atoms with van der Waals surface area (Å²) in [5.41, 5.74) is 0. The molecule has 0 aliphatic heterocycles. The molecule has 0 spiro atoms. The predicted octanol–water partition coefficient (Wildman–Crippen LogP) is 7.26. The molecule has 0 N–H and O–H groups in total. The lowest BCUT2D eigenvalue weighted by atomic mass is 9.86. The highest BCUT2D eigenvalue weighted by Gasteiger charge is 2.31. The summed E-state index contributed by atoms with van der Waals surface area (Å²) in [5, 5.41) is 0. The molecule has 0 radical (unpaired) electrons. The van der Waals surface area contributed by atoms with Gasteiger partial charge in [-0.25, -0.2) is 0 Å². The maximum atomic E-state index is 2.44. The van der Waals surface area contributed by atoms with Crippen LogP contribution in [0, 0.1) is 5.92 Å². The molecule has 2 aromatic carbocycles. The van der Waals surface area contributed by atoms with E-state index in [9.17, 15) is 0 Å². The zero-order valence-corrected chi connectivity index (χ0v) is 15.5. The largest absolute Gasteiger partial charge is 0.108 e. The fraction of sp³-hybridized carbons (Fsp3) is 0.429. The lowest BCUT2D eigenvalue weighted by Gasteiger charge is -2.34. The maximum Gasteiger partial charge on any atom is 0.0679 e. The van der Waals surface area contributed by atoms with Gasteiger partial charge in [0.15, 0.2) is 0 Å². The third-order valence-corrected chi connectivity index (χ3v) is 7.25. The zero-order chi connectivity index (χ0) is 16.0. The van der Waals surface area contributed by atoms with Crippen LogP contribution in [0.4, 0.5) is 0 Å². The van der Waals surface area contributed by atoms with Crippen molar-refractivity contribution in [3.63, 3.8) is 0 Å². The van der Waals surface area contributed by atoms with Crippen molar-refractivity contribution in [1.29, 1.82) is 0 Å². The van der Waals surface area contributed by atoms with E-state index in [1.54, 1.807) is 0 Å². The van der Waals surface area contributed by atoms with Crippen LogP contribution in [0.5, 0.6) is 0 Å². The van der Waals surface area contributed by atoms with Crippen LogP contribution in [0.1, 0.15) is 45.4 Å². The van der Waals surface area contributed by atoms with Gasteiger partial charge in [0.1, 0.15) is 0 Å². The average Bonchev–Trinajstić information content (AvgIpc) is 2.57. The third-order valence-electron chi connectivity index (χ3n) is 4.54. The van der Waals surface area contributed by atoms with Crippen LogP contribution in [0.15, 0.2) is 70.5 Å². The van der Waals surface area contributed by atoms with Crippen molar-refractivity contribution < 1.29 is 0 Å². The standard InChI is InChI=1S/C21H26S2/c1-21(17-18-11-5-2-6-12-18,22-19-13-7-3-8-14-19)23-20-15-9-4-10-16-20/h3-4,7-10,13-16,18H,2,5-6,11-12,17H2,1H3. The van der Waals surface area contributed by atoms with Gasteiger partial charge in [-0.1, -0.05) is 68.5 Å². The summed E-state index contributed by atoms with van der Waals surface area (Å²) >= 11 is 4.08. The Bertz CT molecular complexity index is 532. The molecule has 1 fully saturated rings. The van der Waals surface area contributed by atoms with Crippen LogP contribution in [0.25, 0.3) is 0 Å². The third kappa shape index (κ3) is 5.32. The SMILES string of the molecule is CC(CC1CCCCC1)(Sc1ccccc1)Sc1ccccc1. The van der Waals surface area contributed by atoms with Crippen LogP contribution in [-0.4, -0.2) is 4.08 Å². The minimum absolute atomic E-state index is 0.199. The van der Waals surface area contributed by atoms with Crippen molar-refractivity contribution in [2.45, 2.75) is 59.3 Å². The highest BCUT2D eigenvalue weighted by molar-refractivity contribution is 8.18. The summed E-state index contributed by atoms with van der Waals surface area (Å²) in [6, 6.07) is 21.8. The van der Waals surface area contributed by atoms with Crippen molar-refractivity contribution in [1.82, 2.24) is 0 Å². The van der Waals surface area contributed by atoms with Gasteiger partial charge in [0.05, 0.1) is 4.08 Å². The Morgan fingerprint density at radius 2 is 1.26 bits per heavy atom. The molecule has 2 aromatic rings. The first-order valence-electron chi connectivity index (χ1n) is 8.72. The van der Waals surface area contributed by atoms with Crippen molar-refractivity contribution in [2.24, 2.45) is 5.92 Å². The molecule has 1 saturated carbocycles. The monoisotopic (exact) mass is 342 g/mol. The molecule has 0 amide bonds. The van der Waals surface area contributed by atoms with E-state index >= 15 is 0 Å². The molecule has 0 aromatic heterocycles. The van der Waals surface area contributed by atoms with Crippen molar-refractivity contribution >= 4 is 23.5 Å². The molecule has 122 valence electrons. The molecule has 1 aliphatic carbocycles. The normalized spacial score (nSPS) is 16.4. The smallest absolute Gasteiger partial charge is 0.0679 e. The Hall–Kier alpha value is -0.860. The molecule has 0 heterocycles. The lowest BCUT2D eigenvalue weighted by Crippen LogP contribution is -2.22. The quantitative estimate of drug-likeness (QED) is 0.400. The van der Waals surface area contributed by atoms with Crippen LogP contribution < -0.4 is 0 Å². The van der Waals surface area contributed by atoms with E-state index in [1.165, 1.54) is 48.3 Å². The zero-order valence-electron chi connectivity index (χ0n) is 13.9. The first kappa shape index (κ1) is 17.0. The molecular weight excluding hydrogens is 316 g/mol. The molecular formula is C21H26S2. The second-order valence-corrected chi connectivity index (χ2v) is 10.1. The number of benzene rings is 2. The van der Waals surface area contributed by atoms with E-state index in [1.807, 2.05) is 23.5 Å². The minimum Gasteiger partial charge on any atom is -0.108 e. The van der Waals surface area contributed by atoms with Gasteiger partial charge in [0.25, 0.3) is 0 Å². The summed E-state index contributed by atoms with van der Waals surface area (Å²) in [6.45, 7) is 2.44. The molecule has 3 rings (SSSR count). The maximum absolute atomic E-state index is 2.44. The van der Waals surface area contributed by atoms with Gasteiger partial charge in [-0.05, 0) is 43.5 Å². The molecule has 0 unspecified atom stereocenters. The van der Waals surface area contributed by atoms with Gasteiger partial charge in [-0.3, -0.25) is 0 Å². The van der Waals surface area contributed by atoms with Crippen LogP contribution in [0.3, 0.4) is 0 Å². The van der Waals surface area contributed by atoms with Gasteiger partial charge in [0, 0.05) is 9.79 Å². The van der Waals surface area contributed by atoms with Crippen molar-refractivity contribution in [2.75, 3.05) is 0 Å². The Kier molecular flexibility index (Phi) is 6.13. The van der Waals surface area contributed by atoms with E-state index in [0.29, 0.717) is 0 Å². The summed E-state index contributed by atoms with van der Waals surface area (Å²) in [6.07, 6.45) is 8.41. The second-order valence-electron chi connectivity index (χ2n) is 6.67. The summed E-state index contributed by atoms with van der Waals surface area (Å²) < 4.78 is 0.199. The fourth-order valence-corrected chi connectivity index (χ4v) is 6.46. The molecule has 0 saturated heterocycles. The highest BCUT2D eigenvalue weighted by Crippen LogP contribution is 2.50. The Morgan fingerprint density at radius 1 is 0.783 bits per heavy atom. The van der Waals surface area contributed by atoms with E-state index in [-0.39, 0.29) is 4.08 Å². The van der Waals surface area contributed by atoms with Gasteiger partial charge in [-0.15, -0.1) is 23.5 Å². The Balaban J connectivity index is 1.76. The molecule has 0 bridgehead atoms. The van der Waals surface area contributed by atoms with Crippen LogP contribution in [-0.2, 0) is 0 Å².